The van der Waals surface area contributed by atoms with Gasteiger partial charge in [0.2, 0.25) is 11.7 Å². The number of nitrogens with one attached hydrogen (secondary N) is 1. The number of aromatic nitrogens is 2. The number of carbonyl (C=O) groups is 1. The summed E-state index contributed by atoms with van der Waals surface area (Å²) in [6.45, 7) is 8.10. The highest BCUT2D eigenvalue weighted by atomic mass is 35.5. The molecule has 6 nitrogen and oxygen atoms in total. The van der Waals surface area contributed by atoms with Crippen molar-refractivity contribution >= 4 is 23.5 Å². The van der Waals surface area contributed by atoms with Gasteiger partial charge in [-0.2, -0.15) is 4.98 Å². The Labute approximate surface area is 158 Å². The number of hydrogen-bond acceptors (Lipinski definition) is 5. The third-order valence-corrected chi connectivity index (χ3v) is 4.76. The van der Waals surface area contributed by atoms with Crippen molar-refractivity contribution in [2.75, 3.05) is 24.5 Å². The Hall–Kier alpha value is -2.08. The Morgan fingerprint density at radius 2 is 2.23 bits per heavy atom. The fraction of sp³-hybridized carbons (Fsp3) is 0.526. The van der Waals surface area contributed by atoms with Gasteiger partial charge in [-0.15, -0.1) is 0 Å². The molecule has 1 atom stereocenters. The summed E-state index contributed by atoms with van der Waals surface area (Å²) in [6, 6.07) is 7.92. The highest BCUT2D eigenvalue weighted by molar-refractivity contribution is 6.30. The molecule has 0 spiro atoms. The minimum absolute atomic E-state index is 0.0793. The molecule has 1 aliphatic heterocycles. The molecule has 3 rings (SSSR count). The lowest BCUT2D eigenvalue weighted by molar-refractivity contribution is -0.128. The lowest BCUT2D eigenvalue weighted by atomic mass is 9.94. The van der Waals surface area contributed by atoms with Crippen LogP contribution in [0.4, 0.5) is 6.01 Å². The number of halogens is 1. The topological polar surface area (TPSA) is 71.3 Å². The molecular formula is C19H25ClN4O2. The molecule has 2 heterocycles. The van der Waals surface area contributed by atoms with Crippen molar-refractivity contribution in [1.29, 1.82) is 0 Å². The number of amides is 1. The van der Waals surface area contributed by atoms with Crippen LogP contribution in [0.2, 0.25) is 5.02 Å². The molecule has 1 N–H and O–H groups in total. The summed E-state index contributed by atoms with van der Waals surface area (Å²) in [5, 5.41) is 7.77. The number of anilines is 1. The fourth-order valence-corrected chi connectivity index (χ4v) is 3.19. The number of rotatable bonds is 4. The number of hydrogen-bond donors (Lipinski definition) is 1. The van der Waals surface area contributed by atoms with Gasteiger partial charge >= 0.3 is 6.01 Å². The zero-order valence-corrected chi connectivity index (χ0v) is 16.2. The summed E-state index contributed by atoms with van der Waals surface area (Å²) in [5.41, 5.74) is 0.464. The van der Waals surface area contributed by atoms with Crippen LogP contribution in [0, 0.1) is 11.3 Å². The van der Waals surface area contributed by atoms with Crippen molar-refractivity contribution in [1.82, 2.24) is 15.5 Å². The van der Waals surface area contributed by atoms with Crippen LogP contribution in [0.25, 0.3) is 11.4 Å². The number of piperidine rings is 1. The van der Waals surface area contributed by atoms with Crippen molar-refractivity contribution < 1.29 is 9.32 Å². The highest BCUT2D eigenvalue weighted by Gasteiger charge is 2.26. The second-order valence-electron chi connectivity index (χ2n) is 7.83. The Morgan fingerprint density at radius 3 is 2.96 bits per heavy atom. The summed E-state index contributed by atoms with van der Waals surface area (Å²) < 4.78 is 5.46. The molecular weight excluding hydrogens is 352 g/mol. The first kappa shape index (κ1) is 18.7. The molecule has 0 aliphatic carbocycles. The summed E-state index contributed by atoms with van der Waals surface area (Å²) >= 11 is 6.03. The zero-order valence-electron chi connectivity index (χ0n) is 15.5. The van der Waals surface area contributed by atoms with E-state index in [1.807, 2.05) is 45.0 Å². The molecule has 1 saturated heterocycles. The van der Waals surface area contributed by atoms with Crippen LogP contribution in [0.1, 0.15) is 33.6 Å². The second kappa shape index (κ2) is 7.66. The van der Waals surface area contributed by atoms with Crippen LogP contribution >= 0.6 is 11.6 Å². The first-order chi connectivity index (χ1) is 12.3. The summed E-state index contributed by atoms with van der Waals surface area (Å²) in [7, 11) is 0. The van der Waals surface area contributed by atoms with Gasteiger partial charge in [0, 0.05) is 35.6 Å². The van der Waals surface area contributed by atoms with Crippen molar-refractivity contribution in [3.05, 3.63) is 29.3 Å². The van der Waals surface area contributed by atoms with Crippen molar-refractivity contribution in [2.24, 2.45) is 11.3 Å². The Kier molecular flexibility index (Phi) is 5.51. The van der Waals surface area contributed by atoms with Crippen molar-refractivity contribution in [2.45, 2.75) is 33.6 Å². The van der Waals surface area contributed by atoms with Gasteiger partial charge < -0.3 is 14.7 Å². The SMILES string of the molecule is CC(C)(C)C(=O)NCC1CCCN(c2nc(-c3cccc(Cl)c3)no2)C1. The van der Waals surface area contributed by atoms with Crippen LogP contribution in [-0.4, -0.2) is 35.7 Å². The van der Waals surface area contributed by atoms with Crippen LogP contribution in [0.5, 0.6) is 0 Å². The molecule has 1 fully saturated rings. The number of nitrogens with zero attached hydrogens (tertiary/aromatic N) is 3. The van der Waals surface area contributed by atoms with E-state index in [0.29, 0.717) is 29.3 Å². The van der Waals surface area contributed by atoms with Gasteiger partial charge in [-0.05, 0) is 30.9 Å². The maximum absolute atomic E-state index is 12.1. The first-order valence-electron chi connectivity index (χ1n) is 8.96. The quantitative estimate of drug-likeness (QED) is 0.879. The second-order valence-corrected chi connectivity index (χ2v) is 8.26. The maximum atomic E-state index is 12.1. The average Bonchev–Trinajstić information content (AvgIpc) is 3.09. The van der Waals surface area contributed by atoms with Crippen LogP contribution < -0.4 is 10.2 Å². The van der Waals surface area contributed by atoms with Gasteiger partial charge in [-0.3, -0.25) is 4.79 Å². The highest BCUT2D eigenvalue weighted by Crippen LogP contribution is 2.26. The smallest absolute Gasteiger partial charge is 0.324 e. The molecule has 1 aliphatic rings. The lowest BCUT2D eigenvalue weighted by Gasteiger charge is -2.32. The molecule has 0 bridgehead atoms. The predicted octanol–water partition coefficient (Wildman–Crippen LogP) is 3.77. The monoisotopic (exact) mass is 376 g/mol. The van der Waals surface area contributed by atoms with E-state index >= 15 is 0 Å². The van der Waals surface area contributed by atoms with E-state index in [2.05, 4.69) is 20.4 Å². The molecule has 1 aromatic carbocycles. The fourth-order valence-electron chi connectivity index (χ4n) is 3.00. The number of carbonyl (C=O) groups excluding carboxylic acids is 1. The summed E-state index contributed by atoms with van der Waals surface area (Å²) in [6.07, 6.45) is 2.11. The van der Waals surface area contributed by atoms with E-state index < -0.39 is 0 Å². The van der Waals surface area contributed by atoms with Gasteiger partial charge in [-0.25, -0.2) is 0 Å². The van der Waals surface area contributed by atoms with E-state index in [0.717, 1.165) is 31.5 Å². The first-order valence-corrected chi connectivity index (χ1v) is 9.33. The molecule has 2 aromatic rings. The van der Waals surface area contributed by atoms with Gasteiger partial charge in [0.25, 0.3) is 0 Å². The third kappa shape index (κ3) is 4.55. The van der Waals surface area contributed by atoms with E-state index in [-0.39, 0.29) is 11.3 Å². The predicted molar refractivity (Wildman–Crippen MR) is 102 cm³/mol. The Morgan fingerprint density at radius 1 is 1.42 bits per heavy atom. The zero-order chi connectivity index (χ0) is 18.7. The average molecular weight is 377 g/mol. The molecule has 7 heteroatoms. The minimum atomic E-state index is -0.368. The van der Waals surface area contributed by atoms with Gasteiger partial charge in [-0.1, -0.05) is 49.7 Å². The minimum Gasteiger partial charge on any atom is -0.355 e. The summed E-state index contributed by atoms with van der Waals surface area (Å²) in [5.74, 6) is 0.984. The van der Waals surface area contributed by atoms with Crippen LogP contribution in [0.15, 0.2) is 28.8 Å². The van der Waals surface area contributed by atoms with Crippen LogP contribution in [0.3, 0.4) is 0 Å². The molecule has 140 valence electrons. The van der Waals surface area contributed by atoms with Crippen molar-refractivity contribution in [3.63, 3.8) is 0 Å². The van der Waals surface area contributed by atoms with Gasteiger partial charge in [0.05, 0.1) is 0 Å². The van der Waals surface area contributed by atoms with E-state index in [9.17, 15) is 4.79 Å². The molecule has 1 amide bonds. The molecule has 0 radical (unpaired) electrons. The molecule has 0 saturated carbocycles. The Balaban J connectivity index is 1.62. The van der Waals surface area contributed by atoms with Crippen LogP contribution in [-0.2, 0) is 4.79 Å². The van der Waals surface area contributed by atoms with E-state index in [4.69, 9.17) is 16.1 Å². The summed E-state index contributed by atoms with van der Waals surface area (Å²) in [4.78, 5) is 18.7. The molecule has 1 aromatic heterocycles. The Bertz CT molecular complexity index is 769. The van der Waals surface area contributed by atoms with Gasteiger partial charge in [0.1, 0.15) is 0 Å². The molecule has 1 unspecified atom stereocenters. The largest absolute Gasteiger partial charge is 0.355 e. The maximum Gasteiger partial charge on any atom is 0.324 e. The van der Waals surface area contributed by atoms with E-state index in [1.54, 1.807) is 0 Å². The normalized spacial score (nSPS) is 18.0. The standard InChI is InChI=1S/C19H25ClN4O2/c1-19(2,3)17(25)21-11-13-6-5-9-24(12-13)18-22-16(23-26-18)14-7-4-8-15(20)10-14/h4,7-8,10,13H,5-6,9,11-12H2,1-3H3,(H,21,25). The third-order valence-electron chi connectivity index (χ3n) is 4.52. The van der Waals surface area contributed by atoms with Crippen molar-refractivity contribution in [3.8, 4) is 11.4 Å². The number of benzene rings is 1. The molecule has 26 heavy (non-hydrogen) atoms. The van der Waals surface area contributed by atoms with Gasteiger partial charge in [0.15, 0.2) is 0 Å². The van der Waals surface area contributed by atoms with E-state index in [1.165, 1.54) is 0 Å². The lowest BCUT2D eigenvalue weighted by Crippen LogP contribution is -2.43.